The molecule has 0 atom stereocenters. The molecule has 4 rings (SSSR count). The summed E-state index contributed by atoms with van der Waals surface area (Å²) < 4.78 is 5.85. The minimum absolute atomic E-state index is 0.334. The number of aromatic nitrogens is 2. The van der Waals surface area contributed by atoms with Gasteiger partial charge in [-0.3, -0.25) is 10.4 Å². The lowest BCUT2D eigenvalue weighted by Gasteiger charge is -2.09. The molecule has 0 aliphatic carbocycles. The van der Waals surface area contributed by atoms with Crippen molar-refractivity contribution in [1.29, 1.82) is 0 Å². The van der Waals surface area contributed by atoms with E-state index in [1.807, 2.05) is 42.5 Å². The molecule has 4 aromatic rings. The Labute approximate surface area is 176 Å². The van der Waals surface area contributed by atoms with Crippen LogP contribution < -0.4 is 15.4 Å². The Bertz CT molecular complexity index is 1180. The van der Waals surface area contributed by atoms with Crippen LogP contribution in [-0.2, 0) is 6.61 Å². The van der Waals surface area contributed by atoms with Crippen LogP contribution in [0.25, 0.3) is 10.9 Å². The molecule has 0 radical (unpaired) electrons. The average molecular weight is 427 g/mol. The molecule has 1 aromatic heterocycles. The Morgan fingerprint density at radius 1 is 1.00 bits per heavy atom. The van der Waals surface area contributed by atoms with Crippen LogP contribution in [0, 0.1) is 0 Å². The monoisotopic (exact) mass is 426 g/mol. The highest BCUT2D eigenvalue weighted by molar-refractivity contribution is 6.31. The molecule has 0 spiro atoms. The number of H-pyrrole nitrogens is 1. The molecular formula is C21H16Cl2N4O2. The third kappa shape index (κ3) is 4.62. The smallest absolute Gasteiger partial charge is 0.324 e. The molecule has 0 fully saturated rings. The Balaban J connectivity index is 1.48. The van der Waals surface area contributed by atoms with Gasteiger partial charge in [-0.2, -0.15) is 5.10 Å². The molecule has 0 saturated carbocycles. The molecule has 0 bridgehead atoms. The molecule has 0 unspecified atom stereocenters. The summed E-state index contributed by atoms with van der Waals surface area (Å²) in [6.07, 6.45) is 0. The molecule has 3 N–H and O–H groups in total. The summed E-state index contributed by atoms with van der Waals surface area (Å²) in [5.74, 6) is 1.03. The van der Waals surface area contributed by atoms with Gasteiger partial charge in [-0.15, -0.1) is 0 Å². The fraction of sp³-hybridized carbons (Fsp3) is 0.0476. The second kappa shape index (κ2) is 8.43. The van der Waals surface area contributed by atoms with Gasteiger partial charge in [0.25, 0.3) is 0 Å². The summed E-state index contributed by atoms with van der Waals surface area (Å²) in [5.41, 5.74) is 2.24. The Kier molecular flexibility index (Phi) is 5.55. The summed E-state index contributed by atoms with van der Waals surface area (Å²) in [5, 5.41) is 14.4. The summed E-state index contributed by atoms with van der Waals surface area (Å²) in [6, 6.07) is 19.4. The van der Waals surface area contributed by atoms with Crippen LogP contribution in [0.1, 0.15) is 5.56 Å². The third-order valence-corrected chi connectivity index (χ3v) is 4.80. The van der Waals surface area contributed by atoms with E-state index in [-0.39, 0.29) is 0 Å². The topological polar surface area (TPSA) is 79.0 Å². The second-order valence-corrected chi connectivity index (χ2v) is 7.09. The average Bonchev–Trinajstić information content (AvgIpc) is 3.09. The number of hydrogen-bond donors (Lipinski definition) is 3. The minimum Gasteiger partial charge on any atom is -0.489 e. The summed E-state index contributed by atoms with van der Waals surface area (Å²) >= 11 is 12.1. The Hall–Kier alpha value is -3.22. The van der Waals surface area contributed by atoms with Crippen LogP contribution in [0.15, 0.2) is 66.7 Å². The van der Waals surface area contributed by atoms with Crippen molar-refractivity contribution in [3.05, 3.63) is 82.3 Å². The molecule has 0 aliphatic heterocycles. The molecule has 8 heteroatoms. The van der Waals surface area contributed by atoms with Gasteiger partial charge in [-0.05, 0) is 42.5 Å². The van der Waals surface area contributed by atoms with E-state index in [1.165, 1.54) is 0 Å². The molecule has 1 heterocycles. The lowest BCUT2D eigenvalue weighted by Crippen LogP contribution is -2.19. The number of halogens is 2. The van der Waals surface area contributed by atoms with Crippen molar-refractivity contribution in [3.63, 3.8) is 0 Å². The number of benzene rings is 3. The standard InChI is InChI=1S/C21H16Cl2N4O2/c22-14-5-3-6-15(10-14)24-21(28)25-20-17-11-16(8-9-19(17)26-27-20)29-12-13-4-1-2-7-18(13)23/h1-11H,12H2,(H3,24,25,26,27,28). The first-order valence-electron chi connectivity index (χ1n) is 8.76. The number of fused-ring (bicyclic) bond motifs is 1. The van der Waals surface area contributed by atoms with Crippen LogP contribution in [-0.4, -0.2) is 16.2 Å². The highest BCUT2D eigenvalue weighted by atomic mass is 35.5. The number of carbonyl (C=O) groups excluding carboxylic acids is 1. The molecule has 29 heavy (non-hydrogen) atoms. The van der Waals surface area contributed by atoms with E-state index in [0.717, 1.165) is 16.5 Å². The normalized spacial score (nSPS) is 10.7. The van der Waals surface area contributed by atoms with Crippen LogP contribution in [0.4, 0.5) is 16.3 Å². The largest absolute Gasteiger partial charge is 0.489 e. The number of carbonyl (C=O) groups is 1. The van der Waals surface area contributed by atoms with E-state index in [1.54, 1.807) is 24.3 Å². The summed E-state index contributed by atoms with van der Waals surface area (Å²) in [6.45, 7) is 0.334. The fourth-order valence-electron chi connectivity index (χ4n) is 2.79. The molecule has 2 amide bonds. The van der Waals surface area contributed by atoms with Crippen LogP contribution in [0.3, 0.4) is 0 Å². The van der Waals surface area contributed by atoms with Crippen molar-refractivity contribution in [2.75, 3.05) is 10.6 Å². The molecule has 0 saturated heterocycles. The van der Waals surface area contributed by atoms with Gasteiger partial charge in [0.1, 0.15) is 12.4 Å². The molecule has 0 aliphatic rings. The number of aromatic amines is 1. The first-order valence-corrected chi connectivity index (χ1v) is 9.52. The van der Waals surface area contributed by atoms with Gasteiger partial charge >= 0.3 is 6.03 Å². The number of nitrogens with zero attached hydrogens (tertiary/aromatic N) is 1. The lowest BCUT2D eigenvalue weighted by atomic mass is 10.2. The zero-order valence-corrected chi connectivity index (χ0v) is 16.6. The molecule has 6 nitrogen and oxygen atoms in total. The minimum atomic E-state index is -0.428. The Morgan fingerprint density at radius 3 is 2.69 bits per heavy atom. The number of urea groups is 1. The second-order valence-electron chi connectivity index (χ2n) is 6.25. The third-order valence-electron chi connectivity index (χ3n) is 4.20. The summed E-state index contributed by atoms with van der Waals surface area (Å²) in [4.78, 5) is 12.3. The van der Waals surface area contributed by atoms with Gasteiger partial charge in [0, 0.05) is 26.7 Å². The van der Waals surface area contributed by atoms with Gasteiger partial charge in [-0.25, -0.2) is 4.79 Å². The van der Waals surface area contributed by atoms with Crippen molar-refractivity contribution in [1.82, 2.24) is 10.2 Å². The van der Waals surface area contributed by atoms with E-state index in [9.17, 15) is 4.79 Å². The van der Waals surface area contributed by atoms with Crippen molar-refractivity contribution in [3.8, 4) is 5.75 Å². The molecular weight excluding hydrogens is 411 g/mol. The van der Waals surface area contributed by atoms with E-state index in [0.29, 0.717) is 33.9 Å². The van der Waals surface area contributed by atoms with Gasteiger partial charge in [0.15, 0.2) is 5.82 Å². The quantitative estimate of drug-likeness (QED) is 0.361. The SMILES string of the molecule is O=C(Nc1cccc(Cl)c1)Nc1n[nH]c2ccc(OCc3ccccc3Cl)cc12. The fourth-order valence-corrected chi connectivity index (χ4v) is 3.17. The van der Waals surface area contributed by atoms with Gasteiger partial charge < -0.3 is 10.1 Å². The highest BCUT2D eigenvalue weighted by Crippen LogP contribution is 2.27. The molecule has 3 aromatic carbocycles. The van der Waals surface area contributed by atoms with Gasteiger partial charge in [-0.1, -0.05) is 47.5 Å². The number of hydrogen-bond acceptors (Lipinski definition) is 3. The van der Waals surface area contributed by atoms with Crippen LogP contribution in [0.2, 0.25) is 10.0 Å². The number of nitrogens with one attached hydrogen (secondary N) is 3. The highest BCUT2D eigenvalue weighted by Gasteiger charge is 2.11. The number of amides is 2. The lowest BCUT2D eigenvalue weighted by molar-refractivity contribution is 0.262. The zero-order chi connectivity index (χ0) is 20.2. The van der Waals surface area contributed by atoms with Crippen LogP contribution >= 0.6 is 23.2 Å². The van der Waals surface area contributed by atoms with Gasteiger partial charge in [0.2, 0.25) is 0 Å². The van der Waals surface area contributed by atoms with Gasteiger partial charge in [0.05, 0.1) is 5.52 Å². The predicted molar refractivity (Wildman–Crippen MR) is 116 cm³/mol. The van der Waals surface area contributed by atoms with Crippen molar-refractivity contribution in [2.45, 2.75) is 6.61 Å². The van der Waals surface area contributed by atoms with Crippen molar-refractivity contribution >= 4 is 51.6 Å². The van der Waals surface area contributed by atoms with E-state index < -0.39 is 6.03 Å². The number of rotatable bonds is 5. The maximum absolute atomic E-state index is 12.3. The first-order chi connectivity index (χ1) is 14.1. The maximum atomic E-state index is 12.3. The van der Waals surface area contributed by atoms with E-state index >= 15 is 0 Å². The maximum Gasteiger partial charge on any atom is 0.324 e. The number of ether oxygens (including phenoxy) is 1. The Morgan fingerprint density at radius 2 is 1.86 bits per heavy atom. The van der Waals surface area contributed by atoms with Crippen molar-refractivity contribution < 1.29 is 9.53 Å². The summed E-state index contributed by atoms with van der Waals surface area (Å²) in [7, 11) is 0. The van der Waals surface area contributed by atoms with E-state index in [2.05, 4.69) is 20.8 Å². The van der Waals surface area contributed by atoms with Crippen LogP contribution in [0.5, 0.6) is 5.75 Å². The number of anilines is 2. The molecule has 146 valence electrons. The van der Waals surface area contributed by atoms with Crippen molar-refractivity contribution in [2.24, 2.45) is 0 Å². The zero-order valence-electron chi connectivity index (χ0n) is 15.1. The van der Waals surface area contributed by atoms with E-state index in [4.69, 9.17) is 27.9 Å². The first kappa shape index (κ1) is 19.1. The predicted octanol–water partition coefficient (Wildman–Crippen LogP) is 6.09.